The maximum absolute atomic E-state index is 12.3. The summed E-state index contributed by atoms with van der Waals surface area (Å²) < 4.78 is 34.4. The maximum Gasteiger partial charge on any atom is 0.253 e. The molecule has 22 heavy (non-hydrogen) atoms. The lowest BCUT2D eigenvalue weighted by molar-refractivity contribution is 0.405. The molecule has 0 saturated carbocycles. The van der Waals surface area contributed by atoms with E-state index in [9.17, 15) is 8.42 Å². The van der Waals surface area contributed by atoms with Crippen molar-refractivity contribution in [3.63, 3.8) is 0 Å². The van der Waals surface area contributed by atoms with Gasteiger partial charge in [0.1, 0.15) is 5.75 Å². The number of hydrogen-bond donors (Lipinski definition) is 1. The molecule has 2 aromatic rings. The Morgan fingerprint density at radius 2 is 2.18 bits per heavy atom. The van der Waals surface area contributed by atoms with Crippen molar-refractivity contribution in [2.45, 2.75) is 31.5 Å². The van der Waals surface area contributed by atoms with Crippen molar-refractivity contribution in [1.29, 1.82) is 0 Å². The highest BCUT2D eigenvalue weighted by atomic mass is 32.2. The van der Waals surface area contributed by atoms with E-state index in [4.69, 9.17) is 4.74 Å². The van der Waals surface area contributed by atoms with Gasteiger partial charge in [0.05, 0.1) is 12.8 Å². The van der Waals surface area contributed by atoms with E-state index in [0.29, 0.717) is 18.8 Å². The van der Waals surface area contributed by atoms with Crippen LogP contribution in [0.3, 0.4) is 0 Å². The average molecular weight is 343 g/mol. The number of sulfonamides is 1. The zero-order chi connectivity index (χ0) is 16.3. The second-order valence-corrected chi connectivity index (χ2v) is 8.22. The van der Waals surface area contributed by atoms with Crippen LogP contribution in [-0.4, -0.2) is 31.9 Å². The third-order valence-corrected chi connectivity index (χ3v) is 6.14. The van der Waals surface area contributed by atoms with Crippen LogP contribution in [0.5, 0.6) is 5.75 Å². The van der Waals surface area contributed by atoms with Crippen LogP contribution in [0.25, 0.3) is 0 Å². The zero-order valence-corrected chi connectivity index (χ0v) is 14.8. The lowest BCUT2D eigenvalue weighted by Gasteiger charge is -2.14. The molecule has 122 valence electrons. The molecule has 0 unspecified atom stereocenters. The van der Waals surface area contributed by atoms with Crippen LogP contribution in [0.2, 0.25) is 0 Å². The minimum absolute atomic E-state index is 0.124. The monoisotopic (exact) mass is 343 g/mol. The SMILES string of the molecule is COc1ccsc1S(=O)(=O)NC[C@@H](C)Cn1nc(C)cc1C. The average Bonchev–Trinajstić information content (AvgIpc) is 3.04. The van der Waals surface area contributed by atoms with E-state index in [1.165, 1.54) is 7.11 Å². The molecule has 1 atom stereocenters. The summed E-state index contributed by atoms with van der Waals surface area (Å²) in [5.41, 5.74) is 2.04. The van der Waals surface area contributed by atoms with E-state index in [1.54, 1.807) is 11.4 Å². The minimum atomic E-state index is -3.54. The van der Waals surface area contributed by atoms with E-state index in [0.717, 1.165) is 22.7 Å². The number of thiophene rings is 1. The Balaban J connectivity index is 1.98. The van der Waals surface area contributed by atoms with Gasteiger partial charge in [-0.15, -0.1) is 11.3 Å². The molecule has 0 bridgehead atoms. The van der Waals surface area contributed by atoms with Crippen LogP contribution < -0.4 is 9.46 Å². The Labute approximate surface area is 135 Å². The fourth-order valence-corrected chi connectivity index (χ4v) is 4.65. The summed E-state index contributed by atoms with van der Waals surface area (Å²) in [5.74, 6) is 0.502. The first kappa shape index (κ1) is 17.0. The number of nitrogens with one attached hydrogen (secondary N) is 1. The smallest absolute Gasteiger partial charge is 0.253 e. The number of aromatic nitrogens is 2. The number of nitrogens with zero attached hydrogens (tertiary/aromatic N) is 2. The molecule has 0 aliphatic heterocycles. The lowest BCUT2D eigenvalue weighted by atomic mass is 10.2. The molecule has 2 aromatic heterocycles. The Bertz CT molecular complexity index is 734. The molecule has 0 radical (unpaired) electrons. The fraction of sp³-hybridized carbons (Fsp3) is 0.500. The molecule has 0 spiro atoms. The van der Waals surface area contributed by atoms with Gasteiger partial charge in [-0.25, -0.2) is 13.1 Å². The van der Waals surface area contributed by atoms with E-state index in [1.807, 2.05) is 31.5 Å². The highest BCUT2D eigenvalue weighted by molar-refractivity contribution is 7.91. The summed E-state index contributed by atoms with van der Waals surface area (Å²) in [7, 11) is -2.07. The van der Waals surface area contributed by atoms with Crippen LogP contribution >= 0.6 is 11.3 Å². The first-order valence-electron chi connectivity index (χ1n) is 6.95. The van der Waals surface area contributed by atoms with Crippen molar-refractivity contribution >= 4 is 21.4 Å². The summed E-state index contributed by atoms with van der Waals surface area (Å²) >= 11 is 1.15. The standard InChI is InChI=1S/C14H21N3O3S2/c1-10(9-17-12(3)7-11(2)16-17)8-15-22(18,19)14-13(20-4)5-6-21-14/h5-7,10,15H,8-9H2,1-4H3/t10-/m1/s1. The second kappa shape index (κ2) is 6.80. The van der Waals surface area contributed by atoms with Gasteiger partial charge in [-0.1, -0.05) is 6.92 Å². The normalized spacial score (nSPS) is 13.3. The summed E-state index contributed by atoms with van der Waals surface area (Å²) in [4.78, 5) is 0. The van der Waals surface area contributed by atoms with Crippen molar-refractivity contribution in [3.05, 3.63) is 28.9 Å². The van der Waals surface area contributed by atoms with Crippen molar-refractivity contribution in [1.82, 2.24) is 14.5 Å². The van der Waals surface area contributed by atoms with Crippen LogP contribution in [0.1, 0.15) is 18.3 Å². The summed E-state index contributed by atoms with van der Waals surface area (Å²) in [6.45, 7) is 6.95. The molecule has 8 heteroatoms. The van der Waals surface area contributed by atoms with Gasteiger partial charge in [0, 0.05) is 18.8 Å². The number of methoxy groups -OCH3 is 1. The van der Waals surface area contributed by atoms with Crippen LogP contribution in [-0.2, 0) is 16.6 Å². The predicted molar refractivity (Wildman–Crippen MR) is 86.9 cm³/mol. The number of ether oxygens (including phenoxy) is 1. The van der Waals surface area contributed by atoms with Crippen molar-refractivity contribution in [2.75, 3.05) is 13.7 Å². The fourth-order valence-electron chi connectivity index (χ4n) is 2.17. The van der Waals surface area contributed by atoms with Gasteiger partial charge in [-0.3, -0.25) is 4.68 Å². The molecule has 0 fully saturated rings. The second-order valence-electron chi connectivity index (χ2n) is 5.34. The molecule has 0 saturated heterocycles. The molecule has 0 amide bonds. The molecule has 2 heterocycles. The summed E-state index contributed by atoms with van der Waals surface area (Å²) in [5, 5.41) is 6.09. The van der Waals surface area contributed by atoms with Gasteiger partial charge >= 0.3 is 0 Å². The van der Waals surface area contributed by atoms with Crippen LogP contribution in [0, 0.1) is 19.8 Å². The van der Waals surface area contributed by atoms with Gasteiger partial charge in [0.2, 0.25) is 0 Å². The molecule has 0 aliphatic carbocycles. The zero-order valence-electron chi connectivity index (χ0n) is 13.2. The molecular weight excluding hydrogens is 322 g/mol. The summed E-state index contributed by atoms with van der Waals surface area (Å²) in [6, 6.07) is 3.66. The van der Waals surface area contributed by atoms with Crippen LogP contribution in [0.15, 0.2) is 21.7 Å². The Morgan fingerprint density at radius 1 is 1.45 bits per heavy atom. The van der Waals surface area contributed by atoms with Gasteiger partial charge in [-0.05, 0) is 37.3 Å². The third-order valence-electron chi connectivity index (χ3n) is 3.27. The quantitative estimate of drug-likeness (QED) is 0.836. The van der Waals surface area contributed by atoms with Gasteiger partial charge in [-0.2, -0.15) is 5.10 Å². The number of aryl methyl sites for hydroxylation is 2. The van der Waals surface area contributed by atoms with Crippen molar-refractivity contribution in [3.8, 4) is 5.75 Å². The van der Waals surface area contributed by atoms with Gasteiger partial charge < -0.3 is 4.74 Å². The molecule has 0 aliphatic rings. The van der Waals surface area contributed by atoms with E-state index < -0.39 is 10.0 Å². The molecular formula is C14H21N3O3S2. The topological polar surface area (TPSA) is 73.2 Å². The van der Waals surface area contributed by atoms with E-state index in [-0.39, 0.29) is 10.1 Å². The Kier molecular flexibility index (Phi) is 5.25. The highest BCUT2D eigenvalue weighted by Gasteiger charge is 2.21. The largest absolute Gasteiger partial charge is 0.494 e. The predicted octanol–water partition coefficient (Wildman–Crippen LogP) is 2.18. The molecule has 2 rings (SSSR count). The van der Waals surface area contributed by atoms with E-state index >= 15 is 0 Å². The minimum Gasteiger partial charge on any atom is -0.494 e. The van der Waals surface area contributed by atoms with E-state index in [2.05, 4.69) is 9.82 Å². The first-order valence-corrected chi connectivity index (χ1v) is 9.32. The summed E-state index contributed by atoms with van der Waals surface area (Å²) in [6.07, 6.45) is 0. The number of rotatable bonds is 7. The van der Waals surface area contributed by atoms with Gasteiger partial charge in [0.25, 0.3) is 10.0 Å². The Hall–Kier alpha value is -1.38. The maximum atomic E-state index is 12.3. The third kappa shape index (κ3) is 3.88. The van der Waals surface area contributed by atoms with Gasteiger partial charge in [0.15, 0.2) is 4.21 Å². The molecule has 0 aromatic carbocycles. The molecule has 1 N–H and O–H groups in total. The Morgan fingerprint density at radius 3 is 2.77 bits per heavy atom. The molecule has 6 nitrogen and oxygen atoms in total. The first-order chi connectivity index (χ1) is 10.3. The van der Waals surface area contributed by atoms with Crippen LogP contribution in [0.4, 0.5) is 0 Å². The number of hydrogen-bond acceptors (Lipinski definition) is 5. The highest BCUT2D eigenvalue weighted by Crippen LogP contribution is 2.29. The van der Waals surface area contributed by atoms with Crippen molar-refractivity contribution in [2.24, 2.45) is 5.92 Å². The lowest BCUT2D eigenvalue weighted by Crippen LogP contribution is -2.30. The van der Waals surface area contributed by atoms with Crippen molar-refractivity contribution < 1.29 is 13.2 Å².